The Kier molecular flexibility index (Phi) is 7.62. The van der Waals surface area contributed by atoms with Crippen LogP contribution in [0.3, 0.4) is 0 Å². The average Bonchev–Trinajstić information content (AvgIpc) is 2.57. The molecule has 0 aliphatic heterocycles. The molecule has 26 heavy (non-hydrogen) atoms. The van der Waals surface area contributed by atoms with E-state index in [0.717, 1.165) is 5.56 Å². The Balaban J connectivity index is 2.35. The van der Waals surface area contributed by atoms with E-state index in [2.05, 4.69) is 15.0 Å². The predicted octanol–water partition coefficient (Wildman–Crippen LogP) is 5.07. The second-order valence-electron chi connectivity index (χ2n) is 4.81. The summed E-state index contributed by atoms with van der Waals surface area (Å²) >= 11 is 35.0. The fourth-order valence-electron chi connectivity index (χ4n) is 1.76. The first-order chi connectivity index (χ1) is 12.1. The van der Waals surface area contributed by atoms with Crippen LogP contribution in [0.5, 0.6) is 5.75 Å². The minimum Gasteiger partial charge on any atom is -0.491 e. The topological polar surface area (TPSA) is 68.1 Å². The minimum absolute atomic E-state index is 0.0788. The summed E-state index contributed by atoms with van der Waals surface area (Å²) in [6.45, 7) is 0.115. The Morgan fingerprint density at radius 3 is 2.08 bits per heavy atom. The van der Waals surface area contributed by atoms with Gasteiger partial charge < -0.3 is 9.84 Å². The van der Waals surface area contributed by atoms with Crippen LogP contribution in [0.15, 0.2) is 24.3 Å². The van der Waals surface area contributed by atoms with Gasteiger partial charge in [0.2, 0.25) is 7.59 Å². The Bertz CT molecular complexity index is 757. The predicted molar refractivity (Wildman–Crippen MR) is 106 cm³/mol. The molecule has 0 saturated carbocycles. The summed E-state index contributed by atoms with van der Waals surface area (Å²) in [5.74, 6) is 0.405. The van der Waals surface area contributed by atoms with Crippen LogP contribution >= 0.6 is 69.6 Å². The van der Waals surface area contributed by atoms with E-state index in [4.69, 9.17) is 79.4 Å². The van der Waals surface area contributed by atoms with Gasteiger partial charge in [0, 0.05) is 0 Å². The van der Waals surface area contributed by atoms with Crippen LogP contribution in [0, 0.1) is 0 Å². The molecule has 0 atom stereocenters. The van der Waals surface area contributed by atoms with Crippen molar-refractivity contribution in [1.29, 1.82) is 0 Å². The summed E-state index contributed by atoms with van der Waals surface area (Å²) in [7, 11) is 0. The van der Waals surface area contributed by atoms with Crippen molar-refractivity contribution >= 4 is 81.8 Å². The number of benzene rings is 1. The van der Waals surface area contributed by atoms with Crippen LogP contribution < -0.4 is 4.74 Å². The lowest BCUT2D eigenvalue weighted by Crippen LogP contribution is -2.16. The van der Waals surface area contributed by atoms with E-state index in [1.165, 1.54) is 0 Å². The average molecular weight is 478 g/mol. The number of hydrogen-bond acceptors (Lipinski definition) is 5. The number of hydrogen-bond donors (Lipinski definition) is 1. The smallest absolute Gasteiger partial charge is 0.250 e. The van der Waals surface area contributed by atoms with Crippen LogP contribution in [0.4, 0.5) is 0 Å². The first-order valence-corrected chi connectivity index (χ1v) is 9.28. The van der Waals surface area contributed by atoms with Crippen LogP contribution in [0.2, 0.25) is 0 Å². The van der Waals surface area contributed by atoms with Gasteiger partial charge in [-0.05, 0) is 23.8 Å². The molecule has 0 radical (unpaired) electrons. The van der Waals surface area contributed by atoms with Crippen LogP contribution in [0.25, 0.3) is 12.2 Å². The normalized spacial score (nSPS) is 12.6. The summed E-state index contributed by atoms with van der Waals surface area (Å²) in [5, 5.41) is 8.81. The lowest BCUT2D eigenvalue weighted by molar-refractivity contribution is 0.201. The second kappa shape index (κ2) is 9.11. The Morgan fingerprint density at radius 2 is 1.54 bits per heavy atom. The van der Waals surface area contributed by atoms with Crippen molar-refractivity contribution in [2.45, 2.75) is 7.59 Å². The fraction of sp³-hybridized carbons (Fsp3) is 0.267. The molecule has 11 heteroatoms. The van der Waals surface area contributed by atoms with E-state index in [0.29, 0.717) is 5.75 Å². The third kappa shape index (κ3) is 6.57. The SMILES string of the molecule is OCCOc1cccc(C=Cc2nc(C(Cl)(Cl)Cl)nc(C(Cl)(Cl)Cl)n2)c1. The molecule has 1 heterocycles. The summed E-state index contributed by atoms with van der Waals surface area (Å²) in [6, 6.07) is 7.14. The molecule has 0 spiro atoms. The quantitative estimate of drug-likeness (QED) is 0.609. The molecular formula is C15H11Cl6N3O2. The molecule has 0 unspecified atom stereocenters. The summed E-state index contributed by atoms with van der Waals surface area (Å²) in [4.78, 5) is 12.0. The minimum atomic E-state index is -1.91. The third-order valence-corrected chi connectivity index (χ3v) is 3.82. The highest BCUT2D eigenvalue weighted by Gasteiger charge is 2.33. The van der Waals surface area contributed by atoms with Crippen molar-refractivity contribution in [3.63, 3.8) is 0 Å². The molecule has 0 aliphatic rings. The molecule has 140 valence electrons. The van der Waals surface area contributed by atoms with Gasteiger partial charge in [-0.3, -0.25) is 0 Å². The van der Waals surface area contributed by atoms with Crippen molar-refractivity contribution in [3.8, 4) is 5.75 Å². The van der Waals surface area contributed by atoms with Gasteiger partial charge in [-0.2, -0.15) is 0 Å². The monoisotopic (exact) mass is 475 g/mol. The van der Waals surface area contributed by atoms with Crippen LogP contribution in [-0.4, -0.2) is 33.3 Å². The maximum absolute atomic E-state index is 8.81. The number of aromatic nitrogens is 3. The molecule has 2 rings (SSSR count). The highest BCUT2D eigenvalue weighted by molar-refractivity contribution is 6.67. The van der Waals surface area contributed by atoms with Crippen molar-refractivity contribution in [2.75, 3.05) is 13.2 Å². The number of nitrogens with zero attached hydrogens (tertiary/aromatic N) is 3. The van der Waals surface area contributed by atoms with Crippen LogP contribution in [-0.2, 0) is 7.59 Å². The number of rotatable bonds is 5. The van der Waals surface area contributed by atoms with E-state index in [1.807, 2.05) is 6.07 Å². The van der Waals surface area contributed by atoms with Gasteiger partial charge in [-0.1, -0.05) is 87.8 Å². The summed E-state index contributed by atoms with van der Waals surface area (Å²) < 4.78 is 1.53. The van der Waals surface area contributed by atoms with Crippen molar-refractivity contribution in [2.24, 2.45) is 0 Å². The van der Waals surface area contributed by atoms with Gasteiger partial charge >= 0.3 is 0 Å². The Morgan fingerprint density at radius 1 is 0.923 bits per heavy atom. The third-order valence-electron chi connectivity index (χ3n) is 2.80. The molecule has 0 bridgehead atoms. The zero-order valence-corrected chi connectivity index (χ0v) is 17.4. The van der Waals surface area contributed by atoms with E-state index >= 15 is 0 Å². The Labute approximate surface area is 179 Å². The number of halogens is 6. The number of alkyl halides is 6. The van der Waals surface area contributed by atoms with Gasteiger partial charge in [0.15, 0.2) is 17.5 Å². The molecular weight excluding hydrogens is 467 g/mol. The summed E-state index contributed by atoms with van der Waals surface area (Å²) in [6.07, 6.45) is 3.25. The molecule has 2 aromatic rings. The molecule has 1 aromatic heterocycles. The van der Waals surface area contributed by atoms with Gasteiger partial charge in [0.1, 0.15) is 12.4 Å². The molecule has 0 saturated heterocycles. The lowest BCUT2D eigenvalue weighted by Gasteiger charge is -2.14. The van der Waals surface area contributed by atoms with Gasteiger partial charge in [0.25, 0.3) is 0 Å². The molecule has 0 aliphatic carbocycles. The number of ether oxygens (including phenoxy) is 1. The number of aliphatic hydroxyl groups excluding tert-OH is 1. The molecule has 1 N–H and O–H groups in total. The fourth-order valence-corrected chi connectivity index (χ4v) is 2.27. The second-order valence-corrected chi connectivity index (χ2v) is 9.38. The molecule has 5 nitrogen and oxygen atoms in total. The van der Waals surface area contributed by atoms with E-state index in [9.17, 15) is 0 Å². The zero-order valence-electron chi connectivity index (χ0n) is 12.8. The first kappa shape index (κ1) is 21.8. The largest absolute Gasteiger partial charge is 0.491 e. The zero-order chi connectivity index (χ0) is 19.4. The lowest BCUT2D eigenvalue weighted by atomic mass is 10.2. The maximum Gasteiger partial charge on any atom is 0.250 e. The molecule has 1 aromatic carbocycles. The highest BCUT2D eigenvalue weighted by atomic mass is 35.6. The van der Waals surface area contributed by atoms with E-state index < -0.39 is 7.59 Å². The maximum atomic E-state index is 8.81. The van der Waals surface area contributed by atoms with E-state index in [1.54, 1.807) is 30.4 Å². The van der Waals surface area contributed by atoms with Crippen molar-refractivity contribution in [3.05, 3.63) is 47.3 Å². The van der Waals surface area contributed by atoms with Crippen LogP contribution in [0.1, 0.15) is 23.0 Å². The standard InChI is InChI=1S/C15H11Cl6N3O2/c16-14(17,18)12-22-11(23-13(24-12)15(19,20)21)5-4-9-2-1-3-10(8-9)26-7-6-25/h1-5,8,25H,6-7H2. The molecule has 0 amide bonds. The van der Waals surface area contributed by atoms with Crippen molar-refractivity contribution in [1.82, 2.24) is 15.0 Å². The van der Waals surface area contributed by atoms with Crippen molar-refractivity contribution < 1.29 is 9.84 Å². The van der Waals surface area contributed by atoms with Gasteiger partial charge in [-0.15, -0.1) is 0 Å². The number of aliphatic hydroxyl groups is 1. The first-order valence-electron chi connectivity index (χ1n) is 7.02. The van der Waals surface area contributed by atoms with Gasteiger partial charge in [0.05, 0.1) is 6.61 Å². The van der Waals surface area contributed by atoms with E-state index in [-0.39, 0.29) is 30.7 Å². The molecule has 0 fully saturated rings. The van der Waals surface area contributed by atoms with Gasteiger partial charge in [-0.25, -0.2) is 15.0 Å². The Hall–Kier alpha value is -0.530. The highest BCUT2D eigenvalue weighted by Crippen LogP contribution is 2.39. The summed E-state index contributed by atoms with van der Waals surface area (Å²) in [5.41, 5.74) is 0.784.